The van der Waals surface area contributed by atoms with Crippen LogP contribution in [0, 0.1) is 6.92 Å². The van der Waals surface area contributed by atoms with E-state index in [1.54, 1.807) is 42.5 Å². The predicted octanol–water partition coefficient (Wildman–Crippen LogP) is 5.39. The predicted molar refractivity (Wildman–Crippen MR) is 120 cm³/mol. The molecule has 0 fully saturated rings. The molecule has 0 bridgehead atoms. The third-order valence-corrected chi connectivity index (χ3v) is 4.52. The molecule has 6 heteroatoms. The number of nitrogens with zero attached hydrogens (tertiary/aromatic N) is 1. The van der Waals surface area contributed by atoms with Crippen LogP contribution in [-0.2, 0) is 6.61 Å². The molecular weight excluding hydrogens is 400 g/mol. The van der Waals surface area contributed by atoms with Crippen LogP contribution >= 0.6 is 11.6 Å². The summed E-state index contributed by atoms with van der Waals surface area (Å²) in [6, 6.07) is 20.3. The molecule has 0 atom stereocenters. The van der Waals surface area contributed by atoms with Gasteiger partial charge in [-0.15, -0.1) is 0 Å². The molecule has 3 aromatic rings. The van der Waals surface area contributed by atoms with E-state index in [-0.39, 0.29) is 5.91 Å². The Labute approximate surface area is 181 Å². The number of ether oxygens (including phenoxy) is 2. The smallest absolute Gasteiger partial charge is 0.271 e. The first kappa shape index (κ1) is 21.4. The second-order valence-corrected chi connectivity index (χ2v) is 7.05. The van der Waals surface area contributed by atoms with Crippen molar-refractivity contribution in [2.45, 2.75) is 20.5 Å². The maximum Gasteiger partial charge on any atom is 0.271 e. The van der Waals surface area contributed by atoms with Gasteiger partial charge in [0.1, 0.15) is 18.1 Å². The van der Waals surface area contributed by atoms with Gasteiger partial charge in [0.2, 0.25) is 0 Å². The lowest BCUT2D eigenvalue weighted by molar-refractivity contribution is 0.0955. The molecular formula is C24H23ClN2O3. The summed E-state index contributed by atoms with van der Waals surface area (Å²) in [6.07, 6.45) is 1.52. The number of rotatable bonds is 8. The Kier molecular flexibility index (Phi) is 7.46. The largest absolute Gasteiger partial charge is 0.494 e. The van der Waals surface area contributed by atoms with Crippen molar-refractivity contribution in [1.29, 1.82) is 0 Å². The van der Waals surface area contributed by atoms with Gasteiger partial charge in [0.05, 0.1) is 12.8 Å². The zero-order valence-corrected chi connectivity index (χ0v) is 17.6. The van der Waals surface area contributed by atoms with E-state index in [9.17, 15) is 4.79 Å². The molecule has 3 rings (SSSR count). The molecule has 154 valence electrons. The van der Waals surface area contributed by atoms with Crippen LogP contribution in [-0.4, -0.2) is 18.7 Å². The summed E-state index contributed by atoms with van der Waals surface area (Å²) in [6.45, 7) is 4.94. The van der Waals surface area contributed by atoms with Crippen LogP contribution in [0.2, 0.25) is 5.02 Å². The number of carbonyl (C=O) groups is 1. The topological polar surface area (TPSA) is 59.9 Å². The molecule has 0 heterocycles. The number of carbonyl (C=O) groups excluding carboxylic acids is 1. The highest BCUT2D eigenvalue weighted by molar-refractivity contribution is 6.30. The first-order valence-electron chi connectivity index (χ1n) is 9.59. The number of benzene rings is 3. The van der Waals surface area contributed by atoms with Gasteiger partial charge < -0.3 is 9.47 Å². The molecule has 1 N–H and O–H groups in total. The van der Waals surface area contributed by atoms with Gasteiger partial charge in [-0.3, -0.25) is 4.79 Å². The Morgan fingerprint density at radius 2 is 1.77 bits per heavy atom. The normalized spacial score (nSPS) is 10.8. The summed E-state index contributed by atoms with van der Waals surface area (Å²) < 4.78 is 11.3. The molecule has 5 nitrogen and oxygen atoms in total. The average molecular weight is 423 g/mol. The maximum atomic E-state index is 12.3. The highest BCUT2D eigenvalue weighted by atomic mass is 35.5. The van der Waals surface area contributed by atoms with E-state index in [0.717, 1.165) is 5.56 Å². The molecule has 0 radical (unpaired) electrons. The number of hydrogen-bond acceptors (Lipinski definition) is 4. The van der Waals surface area contributed by atoms with E-state index in [1.165, 1.54) is 11.8 Å². The van der Waals surface area contributed by atoms with Gasteiger partial charge in [0.25, 0.3) is 5.91 Å². The molecule has 0 aromatic heterocycles. The van der Waals surface area contributed by atoms with E-state index in [4.69, 9.17) is 21.1 Å². The van der Waals surface area contributed by atoms with Crippen molar-refractivity contribution in [3.63, 3.8) is 0 Å². The van der Waals surface area contributed by atoms with Crippen molar-refractivity contribution in [2.24, 2.45) is 5.10 Å². The first-order valence-corrected chi connectivity index (χ1v) is 9.97. The third-order valence-electron chi connectivity index (χ3n) is 4.28. The number of amides is 1. The van der Waals surface area contributed by atoms with Crippen LogP contribution < -0.4 is 14.9 Å². The van der Waals surface area contributed by atoms with Crippen molar-refractivity contribution in [2.75, 3.05) is 6.61 Å². The van der Waals surface area contributed by atoms with Crippen molar-refractivity contribution >= 4 is 23.7 Å². The molecule has 0 saturated carbocycles. The van der Waals surface area contributed by atoms with Crippen LogP contribution in [0.25, 0.3) is 0 Å². The van der Waals surface area contributed by atoms with Crippen LogP contribution in [0.1, 0.15) is 34.0 Å². The van der Waals surface area contributed by atoms with E-state index >= 15 is 0 Å². The zero-order valence-electron chi connectivity index (χ0n) is 16.9. The standard InChI is InChI=1S/C24H23ClN2O3/c1-3-29-22-11-8-19(9-12-22)24(28)27-26-15-20-14-21(25)10-13-23(20)30-16-18-6-4-17(2)5-7-18/h4-15H,3,16H2,1-2H3,(H,27,28)/b26-15+. The summed E-state index contributed by atoms with van der Waals surface area (Å²) in [5, 5.41) is 4.60. The third kappa shape index (κ3) is 6.09. The molecule has 0 spiro atoms. The zero-order chi connectivity index (χ0) is 21.3. The molecule has 3 aromatic carbocycles. The summed E-state index contributed by atoms with van der Waals surface area (Å²) in [7, 11) is 0. The van der Waals surface area contributed by atoms with Crippen LogP contribution in [0.5, 0.6) is 11.5 Å². The van der Waals surface area contributed by atoms with Gasteiger partial charge in [-0.1, -0.05) is 41.4 Å². The average Bonchev–Trinajstić information content (AvgIpc) is 2.75. The minimum absolute atomic E-state index is 0.321. The van der Waals surface area contributed by atoms with Gasteiger partial charge in [0.15, 0.2) is 0 Å². The Hall–Kier alpha value is -3.31. The van der Waals surface area contributed by atoms with Gasteiger partial charge >= 0.3 is 0 Å². The minimum atomic E-state index is -0.321. The number of nitrogens with one attached hydrogen (secondary N) is 1. The Bertz CT molecular complexity index is 1020. The summed E-state index contributed by atoms with van der Waals surface area (Å²) in [5.41, 5.74) is 5.92. The van der Waals surface area contributed by atoms with Crippen LogP contribution in [0.4, 0.5) is 0 Å². The summed E-state index contributed by atoms with van der Waals surface area (Å²) in [5.74, 6) is 1.02. The SMILES string of the molecule is CCOc1ccc(C(=O)N/N=C/c2cc(Cl)ccc2OCc2ccc(C)cc2)cc1. The molecule has 0 unspecified atom stereocenters. The van der Waals surface area contributed by atoms with E-state index in [1.807, 2.05) is 38.1 Å². The lowest BCUT2D eigenvalue weighted by Gasteiger charge is -2.10. The van der Waals surface area contributed by atoms with Gasteiger partial charge in [-0.25, -0.2) is 5.43 Å². The minimum Gasteiger partial charge on any atom is -0.494 e. The highest BCUT2D eigenvalue weighted by Crippen LogP contribution is 2.22. The molecule has 0 aliphatic rings. The Morgan fingerprint density at radius 1 is 1.03 bits per heavy atom. The summed E-state index contributed by atoms with van der Waals surface area (Å²) in [4.78, 5) is 12.3. The first-order chi connectivity index (χ1) is 14.5. The molecule has 1 amide bonds. The lowest BCUT2D eigenvalue weighted by Crippen LogP contribution is -2.17. The van der Waals surface area contributed by atoms with Gasteiger partial charge in [-0.05, 0) is 61.9 Å². The molecule has 0 aliphatic carbocycles. The van der Waals surface area contributed by atoms with Crippen molar-refractivity contribution < 1.29 is 14.3 Å². The van der Waals surface area contributed by atoms with E-state index in [0.29, 0.717) is 40.9 Å². The number of aryl methyl sites for hydroxylation is 1. The fourth-order valence-electron chi connectivity index (χ4n) is 2.69. The van der Waals surface area contributed by atoms with Gasteiger partial charge in [-0.2, -0.15) is 5.10 Å². The van der Waals surface area contributed by atoms with Crippen LogP contribution in [0.3, 0.4) is 0 Å². The summed E-state index contributed by atoms with van der Waals surface area (Å²) >= 11 is 6.11. The second kappa shape index (κ2) is 10.5. The van der Waals surface area contributed by atoms with Gasteiger partial charge in [0, 0.05) is 16.1 Å². The second-order valence-electron chi connectivity index (χ2n) is 6.61. The lowest BCUT2D eigenvalue weighted by atomic mass is 10.1. The van der Waals surface area contributed by atoms with E-state index in [2.05, 4.69) is 10.5 Å². The quantitative estimate of drug-likeness (QED) is 0.391. The Morgan fingerprint density at radius 3 is 2.47 bits per heavy atom. The monoisotopic (exact) mass is 422 g/mol. The van der Waals surface area contributed by atoms with E-state index < -0.39 is 0 Å². The number of halogens is 1. The van der Waals surface area contributed by atoms with Crippen molar-refractivity contribution in [1.82, 2.24) is 5.43 Å². The van der Waals surface area contributed by atoms with Crippen LogP contribution in [0.15, 0.2) is 71.8 Å². The van der Waals surface area contributed by atoms with Crippen molar-refractivity contribution in [3.05, 3.63) is 94.0 Å². The fourth-order valence-corrected chi connectivity index (χ4v) is 2.87. The number of hydrazone groups is 1. The fraction of sp³-hybridized carbons (Fsp3) is 0.167. The maximum absolute atomic E-state index is 12.3. The highest BCUT2D eigenvalue weighted by Gasteiger charge is 2.06. The Balaban J connectivity index is 1.64. The molecule has 0 aliphatic heterocycles. The number of hydrogen-bond donors (Lipinski definition) is 1. The molecule has 0 saturated heterocycles. The van der Waals surface area contributed by atoms with Crippen molar-refractivity contribution in [3.8, 4) is 11.5 Å². The molecule has 30 heavy (non-hydrogen) atoms.